The Balaban J connectivity index is 0.000000183. The Morgan fingerprint density at radius 3 is 1.56 bits per heavy atom. The summed E-state index contributed by atoms with van der Waals surface area (Å²) in [6, 6.07) is 10.4. The van der Waals surface area contributed by atoms with Crippen LogP contribution in [0.15, 0.2) is 55.1 Å². The van der Waals surface area contributed by atoms with Crippen LogP contribution in [0.1, 0.15) is 48.4 Å². The van der Waals surface area contributed by atoms with Crippen molar-refractivity contribution in [3.63, 3.8) is 0 Å². The van der Waals surface area contributed by atoms with Gasteiger partial charge in [0.25, 0.3) is 0 Å². The number of benzene rings is 1. The number of imidazole rings is 2. The van der Waals surface area contributed by atoms with Crippen molar-refractivity contribution in [3.8, 4) is 11.6 Å². The van der Waals surface area contributed by atoms with Crippen LogP contribution >= 0.6 is 0 Å². The number of piperazine rings is 1. The van der Waals surface area contributed by atoms with Crippen molar-refractivity contribution in [3.05, 3.63) is 104 Å². The van der Waals surface area contributed by atoms with Crippen LogP contribution in [0.4, 0.5) is 23.3 Å². The van der Waals surface area contributed by atoms with E-state index in [9.17, 15) is 20.2 Å². The zero-order valence-corrected chi connectivity index (χ0v) is 30.1. The molecular formula is C35H43N13O4. The fourth-order valence-corrected chi connectivity index (χ4v) is 6.48. The van der Waals surface area contributed by atoms with Gasteiger partial charge in [-0.25, -0.2) is 19.9 Å². The number of nitrogens with zero attached hydrogens (tertiary/aromatic N) is 13. The first kappa shape index (κ1) is 36.0. The van der Waals surface area contributed by atoms with Gasteiger partial charge in [0.2, 0.25) is 23.5 Å². The quantitative estimate of drug-likeness (QED) is 0.156. The van der Waals surface area contributed by atoms with Gasteiger partial charge in [-0.1, -0.05) is 37.3 Å². The summed E-state index contributed by atoms with van der Waals surface area (Å²) in [5, 5.41) is 23.1. The number of aromatic nitrogens is 8. The highest BCUT2D eigenvalue weighted by atomic mass is 16.6. The lowest BCUT2D eigenvalue weighted by Gasteiger charge is -2.34. The first-order valence-electron chi connectivity index (χ1n) is 17.3. The monoisotopic (exact) mass is 709 g/mol. The molecule has 4 aromatic heterocycles. The fraction of sp³-hybridized carbons (Fsp3) is 0.429. The van der Waals surface area contributed by atoms with E-state index < -0.39 is 9.85 Å². The number of hydrogen-bond acceptors (Lipinski definition) is 13. The molecule has 6 heterocycles. The van der Waals surface area contributed by atoms with E-state index in [1.165, 1.54) is 5.56 Å². The van der Waals surface area contributed by atoms with Gasteiger partial charge in [0, 0.05) is 70.6 Å². The van der Waals surface area contributed by atoms with Gasteiger partial charge >= 0.3 is 11.4 Å². The van der Waals surface area contributed by atoms with E-state index in [1.54, 1.807) is 61.6 Å². The second kappa shape index (κ2) is 15.6. The summed E-state index contributed by atoms with van der Waals surface area (Å²) >= 11 is 0. The van der Waals surface area contributed by atoms with Gasteiger partial charge in [-0.3, -0.25) is 34.3 Å². The molecule has 17 nitrogen and oxygen atoms in total. The Hall–Kier alpha value is -5.84. The molecule has 2 saturated heterocycles. The molecule has 0 saturated carbocycles. The van der Waals surface area contributed by atoms with Crippen LogP contribution in [0, 0.1) is 53.8 Å². The Morgan fingerprint density at radius 1 is 0.673 bits per heavy atom. The lowest BCUT2D eigenvalue weighted by Crippen LogP contribution is -2.46. The lowest BCUT2D eigenvalue weighted by atomic mass is 10.00. The van der Waals surface area contributed by atoms with Gasteiger partial charge in [0.15, 0.2) is 0 Å². The highest BCUT2D eigenvalue weighted by Crippen LogP contribution is 2.30. The molecule has 0 N–H and O–H groups in total. The van der Waals surface area contributed by atoms with Crippen LogP contribution in [0.25, 0.3) is 11.6 Å². The minimum absolute atomic E-state index is 0.0692. The predicted molar refractivity (Wildman–Crippen MR) is 195 cm³/mol. The standard InChI is InChI=1S/C20H23N7O2.C15H20N6O2/c1-15-18(27(28)29)19(26-9-8-21-16(26)2)23-20(22-15)25-12-10-24(11-13-25)14-17-6-4-3-5-7-17;1-10-4-7-19(8-5-10)15-17-11(2)13(21(22)23)14(18-15)20-9-6-16-12(20)3/h3-9H,10-14H2,1-2H3;6,9-10H,4-5,7-8H2,1-3H3. The van der Waals surface area contributed by atoms with Crippen molar-refractivity contribution < 1.29 is 9.85 Å². The predicted octanol–water partition coefficient (Wildman–Crippen LogP) is 4.93. The summed E-state index contributed by atoms with van der Waals surface area (Å²) in [7, 11) is 0. The van der Waals surface area contributed by atoms with Crippen molar-refractivity contribution >= 4 is 23.3 Å². The summed E-state index contributed by atoms with van der Waals surface area (Å²) < 4.78 is 3.28. The van der Waals surface area contributed by atoms with Gasteiger partial charge in [-0.2, -0.15) is 9.97 Å². The SMILES string of the molecule is Cc1nc(N2CCC(C)CC2)nc(-n2ccnc2C)c1[N+](=O)[O-].Cc1nc(N2CCN(Cc3ccccc3)CC2)nc(-n2ccnc2C)c1[N+](=O)[O-]. The van der Waals surface area contributed by atoms with E-state index in [4.69, 9.17) is 0 Å². The van der Waals surface area contributed by atoms with Crippen LogP contribution in [-0.2, 0) is 6.54 Å². The molecule has 0 bridgehead atoms. The molecule has 52 heavy (non-hydrogen) atoms. The van der Waals surface area contributed by atoms with E-state index >= 15 is 0 Å². The Morgan fingerprint density at radius 2 is 1.13 bits per heavy atom. The van der Waals surface area contributed by atoms with Gasteiger partial charge in [-0.05, 0) is 52.0 Å². The van der Waals surface area contributed by atoms with E-state index in [-0.39, 0.29) is 23.0 Å². The molecule has 1 aromatic carbocycles. The average Bonchev–Trinajstić information content (AvgIpc) is 3.76. The average molecular weight is 710 g/mol. The fourth-order valence-electron chi connectivity index (χ4n) is 6.48. The zero-order chi connectivity index (χ0) is 36.9. The second-order valence-corrected chi connectivity index (χ2v) is 13.2. The molecule has 2 fully saturated rings. The maximum absolute atomic E-state index is 11.6. The summed E-state index contributed by atoms with van der Waals surface area (Å²) in [5.41, 5.74) is 1.87. The Kier molecular flexibility index (Phi) is 10.8. The van der Waals surface area contributed by atoms with Gasteiger partial charge in [0.05, 0.1) is 9.85 Å². The molecular weight excluding hydrogens is 666 g/mol. The van der Waals surface area contributed by atoms with Crippen LogP contribution in [-0.4, -0.2) is 93.1 Å². The van der Waals surface area contributed by atoms with Crippen molar-refractivity contribution in [1.82, 2.24) is 43.9 Å². The number of nitro groups is 2. The molecule has 0 unspecified atom stereocenters. The maximum Gasteiger partial charge on any atom is 0.333 e. The van der Waals surface area contributed by atoms with Gasteiger partial charge < -0.3 is 9.80 Å². The Labute approximate surface area is 301 Å². The molecule has 5 aromatic rings. The smallest absolute Gasteiger partial charge is 0.333 e. The normalized spacial score (nSPS) is 15.3. The molecule has 272 valence electrons. The van der Waals surface area contributed by atoms with Crippen LogP contribution in [0.5, 0.6) is 0 Å². The van der Waals surface area contributed by atoms with Crippen molar-refractivity contribution in [2.45, 2.75) is 54.0 Å². The summed E-state index contributed by atoms with van der Waals surface area (Å²) in [4.78, 5) is 55.0. The molecule has 17 heteroatoms. The van der Waals surface area contributed by atoms with Crippen LogP contribution < -0.4 is 9.80 Å². The third-order valence-corrected chi connectivity index (χ3v) is 9.50. The van der Waals surface area contributed by atoms with Crippen LogP contribution in [0.3, 0.4) is 0 Å². The molecule has 7 rings (SSSR count). The first-order valence-corrected chi connectivity index (χ1v) is 17.3. The van der Waals surface area contributed by atoms with Crippen LogP contribution in [0.2, 0.25) is 0 Å². The highest BCUT2D eigenvalue weighted by Gasteiger charge is 2.29. The van der Waals surface area contributed by atoms with E-state index in [0.29, 0.717) is 40.9 Å². The maximum atomic E-state index is 11.6. The third-order valence-electron chi connectivity index (χ3n) is 9.50. The molecule has 0 radical (unpaired) electrons. The molecule has 0 aliphatic carbocycles. The van der Waals surface area contributed by atoms with Gasteiger partial charge in [0.1, 0.15) is 23.0 Å². The summed E-state index contributed by atoms with van der Waals surface area (Å²) in [5.74, 6) is 3.62. The second-order valence-electron chi connectivity index (χ2n) is 13.2. The molecule has 2 aliphatic rings. The van der Waals surface area contributed by atoms with Crippen molar-refractivity contribution in [1.29, 1.82) is 0 Å². The summed E-state index contributed by atoms with van der Waals surface area (Å²) in [6.07, 6.45) is 8.76. The number of anilines is 2. The summed E-state index contributed by atoms with van der Waals surface area (Å²) in [6.45, 7) is 15.1. The molecule has 2 aliphatic heterocycles. The minimum Gasteiger partial charge on any atom is -0.341 e. The minimum atomic E-state index is -0.425. The molecule has 0 spiro atoms. The van der Waals surface area contributed by atoms with E-state index in [1.807, 2.05) is 6.07 Å². The number of hydrogen-bond donors (Lipinski definition) is 0. The third kappa shape index (κ3) is 7.88. The number of piperidine rings is 1. The number of aryl methyl sites for hydroxylation is 4. The first-order chi connectivity index (χ1) is 25.0. The van der Waals surface area contributed by atoms with Crippen molar-refractivity contribution in [2.24, 2.45) is 5.92 Å². The van der Waals surface area contributed by atoms with Crippen molar-refractivity contribution in [2.75, 3.05) is 49.1 Å². The zero-order valence-electron chi connectivity index (χ0n) is 30.1. The molecule has 0 atom stereocenters. The Bertz CT molecular complexity index is 2030. The highest BCUT2D eigenvalue weighted by molar-refractivity contribution is 5.56. The number of rotatable bonds is 8. The van der Waals surface area contributed by atoms with Gasteiger partial charge in [-0.15, -0.1) is 0 Å². The lowest BCUT2D eigenvalue weighted by molar-refractivity contribution is -0.385. The van der Waals surface area contributed by atoms with E-state index in [0.717, 1.165) is 58.7 Å². The van der Waals surface area contributed by atoms with E-state index in [2.05, 4.69) is 75.8 Å². The topological polar surface area (TPSA) is 183 Å². The largest absolute Gasteiger partial charge is 0.341 e. The molecule has 0 amide bonds.